The van der Waals surface area contributed by atoms with E-state index in [-0.39, 0.29) is 5.91 Å². The highest BCUT2D eigenvalue weighted by molar-refractivity contribution is 5.78. The van der Waals surface area contributed by atoms with Crippen LogP contribution in [0.25, 0.3) is 11.5 Å². The van der Waals surface area contributed by atoms with Crippen LogP contribution in [0.2, 0.25) is 0 Å². The van der Waals surface area contributed by atoms with Gasteiger partial charge in [0.25, 0.3) is 0 Å². The van der Waals surface area contributed by atoms with Gasteiger partial charge in [-0.15, -0.1) is 0 Å². The zero-order chi connectivity index (χ0) is 15.2. The van der Waals surface area contributed by atoms with Gasteiger partial charge in [-0.05, 0) is 25.5 Å². The number of benzene rings is 1. The van der Waals surface area contributed by atoms with E-state index in [0.29, 0.717) is 18.1 Å². The molecule has 0 radical (unpaired) electrons. The second-order valence-corrected chi connectivity index (χ2v) is 5.23. The first-order valence-electron chi connectivity index (χ1n) is 7.37. The molecule has 0 unspecified atom stereocenters. The van der Waals surface area contributed by atoms with Crippen molar-refractivity contribution in [2.75, 3.05) is 13.6 Å². The van der Waals surface area contributed by atoms with E-state index in [9.17, 15) is 4.79 Å². The highest BCUT2D eigenvalue weighted by Crippen LogP contribution is 2.21. The Labute approximate surface area is 125 Å². The molecule has 21 heavy (non-hydrogen) atoms. The number of unbranched alkanes of at least 4 members (excludes halogenated alkanes) is 1. The smallest absolute Gasteiger partial charge is 0.228 e. The van der Waals surface area contributed by atoms with Crippen molar-refractivity contribution in [1.29, 1.82) is 0 Å². The number of aromatic nitrogens is 1. The lowest BCUT2D eigenvalue weighted by molar-refractivity contribution is -0.129. The Kier molecular flexibility index (Phi) is 5.14. The minimum atomic E-state index is 0.0828. The number of hydrogen-bond acceptors (Lipinski definition) is 3. The Morgan fingerprint density at radius 3 is 2.67 bits per heavy atom. The van der Waals surface area contributed by atoms with Crippen LogP contribution in [0.3, 0.4) is 0 Å². The molecule has 112 valence electrons. The van der Waals surface area contributed by atoms with Crippen molar-refractivity contribution in [2.45, 2.75) is 33.1 Å². The summed E-state index contributed by atoms with van der Waals surface area (Å²) in [6.07, 6.45) is 2.40. The number of carbonyl (C=O) groups is 1. The van der Waals surface area contributed by atoms with E-state index >= 15 is 0 Å². The summed E-state index contributed by atoms with van der Waals surface area (Å²) in [4.78, 5) is 18.4. The van der Waals surface area contributed by atoms with E-state index in [2.05, 4.69) is 11.9 Å². The summed E-state index contributed by atoms with van der Waals surface area (Å²) < 4.78 is 5.68. The molecule has 0 aliphatic heterocycles. The van der Waals surface area contributed by atoms with Crippen molar-refractivity contribution in [3.63, 3.8) is 0 Å². The molecule has 0 spiro atoms. The molecule has 0 saturated carbocycles. The van der Waals surface area contributed by atoms with Crippen molar-refractivity contribution in [1.82, 2.24) is 9.88 Å². The van der Waals surface area contributed by atoms with E-state index in [4.69, 9.17) is 4.42 Å². The molecule has 0 bridgehead atoms. The molecule has 4 heteroatoms. The summed E-state index contributed by atoms with van der Waals surface area (Å²) >= 11 is 0. The highest BCUT2D eigenvalue weighted by atomic mass is 16.4. The number of amides is 1. The molecule has 4 nitrogen and oxygen atoms in total. The van der Waals surface area contributed by atoms with Gasteiger partial charge in [0, 0.05) is 19.2 Å². The van der Waals surface area contributed by atoms with Gasteiger partial charge in [-0.1, -0.05) is 31.5 Å². The fourth-order valence-corrected chi connectivity index (χ4v) is 2.09. The van der Waals surface area contributed by atoms with Gasteiger partial charge in [-0.3, -0.25) is 4.79 Å². The summed E-state index contributed by atoms with van der Waals surface area (Å²) in [6.45, 7) is 4.76. The average molecular weight is 286 g/mol. The van der Waals surface area contributed by atoms with E-state index in [1.807, 2.05) is 44.3 Å². The number of nitrogens with zero attached hydrogens (tertiary/aromatic N) is 2. The lowest BCUT2D eigenvalue weighted by Gasteiger charge is -2.15. The number of rotatable bonds is 6. The van der Waals surface area contributed by atoms with E-state index < -0.39 is 0 Å². The van der Waals surface area contributed by atoms with Crippen LogP contribution in [0.5, 0.6) is 0 Å². The quantitative estimate of drug-likeness (QED) is 0.817. The van der Waals surface area contributed by atoms with E-state index in [0.717, 1.165) is 30.6 Å². The van der Waals surface area contributed by atoms with Crippen LogP contribution >= 0.6 is 0 Å². The topological polar surface area (TPSA) is 46.3 Å². The lowest BCUT2D eigenvalue weighted by atomic mass is 10.2. The fourth-order valence-electron chi connectivity index (χ4n) is 2.09. The van der Waals surface area contributed by atoms with Crippen molar-refractivity contribution < 1.29 is 9.21 Å². The van der Waals surface area contributed by atoms with Gasteiger partial charge in [-0.2, -0.15) is 0 Å². The molecule has 0 aliphatic rings. The highest BCUT2D eigenvalue weighted by Gasteiger charge is 2.16. The molecule has 0 atom stereocenters. The van der Waals surface area contributed by atoms with Crippen LogP contribution < -0.4 is 0 Å². The van der Waals surface area contributed by atoms with Gasteiger partial charge < -0.3 is 9.32 Å². The third-order valence-corrected chi connectivity index (χ3v) is 3.50. The minimum absolute atomic E-state index is 0.0828. The van der Waals surface area contributed by atoms with Crippen molar-refractivity contribution >= 4 is 5.91 Å². The maximum Gasteiger partial charge on any atom is 0.228 e. The van der Waals surface area contributed by atoms with Crippen LogP contribution in [-0.4, -0.2) is 29.4 Å². The molecule has 0 saturated heterocycles. The van der Waals surface area contributed by atoms with Crippen LogP contribution in [0.15, 0.2) is 34.7 Å². The van der Waals surface area contributed by atoms with Gasteiger partial charge in [0.2, 0.25) is 11.8 Å². The normalized spacial score (nSPS) is 10.6. The molecule has 2 rings (SSSR count). The molecule has 1 aromatic carbocycles. The first-order valence-corrected chi connectivity index (χ1v) is 7.37. The van der Waals surface area contributed by atoms with Crippen LogP contribution in [0.1, 0.15) is 31.2 Å². The zero-order valence-corrected chi connectivity index (χ0v) is 12.9. The standard InChI is InChI=1S/C17H22N2O2/c1-4-5-11-19(3)16(20)12-15-13(2)21-17(18-15)14-9-7-6-8-10-14/h6-10H,4-5,11-12H2,1-3H3. The van der Waals surface area contributed by atoms with Gasteiger partial charge in [0.15, 0.2) is 0 Å². The Morgan fingerprint density at radius 2 is 2.00 bits per heavy atom. The van der Waals surface area contributed by atoms with E-state index in [1.165, 1.54) is 0 Å². The molecular weight excluding hydrogens is 264 g/mol. The number of carbonyl (C=O) groups excluding carboxylic acids is 1. The Bertz CT molecular complexity index is 590. The van der Waals surface area contributed by atoms with Crippen LogP contribution in [0, 0.1) is 6.92 Å². The minimum Gasteiger partial charge on any atom is -0.441 e. The largest absolute Gasteiger partial charge is 0.441 e. The van der Waals surface area contributed by atoms with Crippen molar-refractivity contribution in [3.05, 3.63) is 41.8 Å². The number of hydrogen-bond donors (Lipinski definition) is 0. The molecule has 2 aromatic rings. The zero-order valence-electron chi connectivity index (χ0n) is 12.9. The van der Waals surface area contributed by atoms with Crippen LogP contribution in [-0.2, 0) is 11.2 Å². The SMILES string of the molecule is CCCCN(C)C(=O)Cc1nc(-c2ccccc2)oc1C. The Hall–Kier alpha value is -2.10. The summed E-state index contributed by atoms with van der Waals surface area (Å²) in [7, 11) is 1.84. The van der Waals surface area contributed by atoms with Gasteiger partial charge in [0.1, 0.15) is 5.76 Å². The van der Waals surface area contributed by atoms with Gasteiger partial charge in [-0.25, -0.2) is 4.98 Å². The summed E-state index contributed by atoms with van der Waals surface area (Å²) in [6, 6.07) is 9.73. The third-order valence-electron chi connectivity index (χ3n) is 3.50. The predicted octanol–water partition coefficient (Wildman–Crippen LogP) is 3.45. The van der Waals surface area contributed by atoms with Gasteiger partial charge in [0.05, 0.1) is 12.1 Å². The molecule has 0 N–H and O–H groups in total. The molecule has 1 amide bonds. The number of aryl methyl sites for hydroxylation is 1. The Morgan fingerprint density at radius 1 is 1.29 bits per heavy atom. The summed E-state index contributed by atoms with van der Waals surface area (Å²) in [5, 5.41) is 0. The van der Waals surface area contributed by atoms with E-state index in [1.54, 1.807) is 4.90 Å². The first-order chi connectivity index (χ1) is 10.1. The maximum absolute atomic E-state index is 12.2. The monoisotopic (exact) mass is 286 g/mol. The third kappa shape index (κ3) is 3.94. The summed E-state index contributed by atoms with van der Waals surface area (Å²) in [5.74, 6) is 1.37. The predicted molar refractivity (Wildman–Crippen MR) is 82.9 cm³/mol. The lowest BCUT2D eigenvalue weighted by Crippen LogP contribution is -2.29. The van der Waals surface area contributed by atoms with Gasteiger partial charge >= 0.3 is 0 Å². The molecular formula is C17H22N2O2. The second kappa shape index (κ2) is 7.07. The first kappa shape index (κ1) is 15.3. The average Bonchev–Trinajstić information content (AvgIpc) is 2.86. The molecule has 0 fully saturated rings. The van der Waals surface area contributed by atoms with Crippen molar-refractivity contribution in [3.8, 4) is 11.5 Å². The van der Waals surface area contributed by atoms with Crippen molar-refractivity contribution in [2.24, 2.45) is 0 Å². The molecule has 0 aliphatic carbocycles. The molecule has 1 aromatic heterocycles. The Balaban J connectivity index is 2.08. The number of likely N-dealkylation sites (N-methyl/N-ethyl adjacent to an activating group) is 1. The molecule has 1 heterocycles. The fraction of sp³-hybridized carbons (Fsp3) is 0.412. The summed E-state index contributed by atoms with van der Waals surface area (Å²) in [5.41, 5.74) is 1.65. The number of oxazole rings is 1. The second-order valence-electron chi connectivity index (χ2n) is 5.23. The maximum atomic E-state index is 12.2. The van der Waals surface area contributed by atoms with Crippen LogP contribution in [0.4, 0.5) is 0 Å².